The van der Waals surface area contributed by atoms with Crippen molar-refractivity contribution >= 4 is 5.91 Å². The Balaban J connectivity index is 1.29. The summed E-state index contributed by atoms with van der Waals surface area (Å²) < 4.78 is 7.13. The second kappa shape index (κ2) is 6.79. The fourth-order valence-electron chi connectivity index (χ4n) is 4.08. The first-order valence-electron chi connectivity index (χ1n) is 10.2. The first-order valence-corrected chi connectivity index (χ1v) is 10.2. The molecule has 3 heterocycles. The van der Waals surface area contributed by atoms with Crippen LogP contribution in [0.5, 0.6) is 0 Å². The van der Waals surface area contributed by atoms with Gasteiger partial charge < -0.3 is 9.42 Å². The van der Waals surface area contributed by atoms with E-state index in [1.165, 1.54) is 0 Å². The molecule has 1 saturated carbocycles. The number of hydrogen-bond acceptors (Lipinski definition) is 6. The first-order chi connectivity index (χ1) is 14.1. The minimum absolute atomic E-state index is 0.110. The molecule has 1 aromatic carbocycles. The van der Waals surface area contributed by atoms with Crippen molar-refractivity contribution in [3.63, 3.8) is 0 Å². The highest BCUT2D eigenvalue weighted by Crippen LogP contribution is 2.50. The molecule has 1 aliphatic heterocycles. The topological polar surface area (TPSA) is 89.9 Å². The molecule has 0 bridgehead atoms. The molecule has 0 spiro atoms. The Kier molecular flexibility index (Phi) is 4.22. The Morgan fingerprint density at radius 1 is 1.24 bits per heavy atom. The summed E-state index contributed by atoms with van der Waals surface area (Å²) in [6.07, 6.45) is 4.56. The summed E-state index contributed by atoms with van der Waals surface area (Å²) >= 11 is 0. The van der Waals surface area contributed by atoms with E-state index in [0.29, 0.717) is 24.0 Å². The Bertz CT molecular complexity index is 1020. The van der Waals surface area contributed by atoms with Crippen LogP contribution in [0.1, 0.15) is 56.5 Å². The fraction of sp³-hybridized carbons (Fsp3) is 0.476. The molecular formula is C21H24N6O2. The van der Waals surface area contributed by atoms with Crippen molar-refractivity contribution in [2.45, 2.75) is 50.5 Å². The van der Waals surface area contributed by atoms with Gasteiger partial charge in [-0.05, 0) is 24.8 Å². The van der Waals surface area contributed by atoms with Crippen LogP contribution in [0.25, 0.3) is 11.6 Å². The van der Waals surface area contributed by atoms with Crippen LogP contribution in [0.15, 0.2) is 41.1 Å². The van der Waals surface area contributed by atoms with E-state index in [4.69, 9.17) is 4.52 Å². The molecule has 0 radical (unpaired) electrons. The third-order valence-electron chi connectivity index (χ3n) is 6.00. The maximum atomic E-state index is 13.2. The number of rotatable bonds is 5. The number of carbonyl (C=O) groups is 1. The number of hydrogen-bond donors (Lipinski definition) is 0. The molecule has 2 aliphatic rings. The zero-order valence-corrected chi connectivity index (χ0v) is 16.7. The van der Waals surface area contributed by atoms with Gasteiger partial charge in [0.2, 0.25) is 5.91 Å². The smallest absolute Gasteiger partial charge is 0.280 e. The van der Waals surface area contributed by atoms with Gasteiger partial charge in [-0.1, -0.05) is 54.5 Å². The lowest BCUT2D eigenvalue weighted by Gasteiger charge is -2.23. The van der Waals surface area contributed by atoms with E-state index < -0.39 is 0 Å². The summed E-state index contributed by atoms with van der Waals surface area (Å²) in [6, 6.07) is 10.3. The van der Waals surface area contributed by atoms with Crippen molar-refractivity contribution in [2.75, 3.05) is 13.1 Å². The van der Waals surface area contributed by atoms with Crippen molar-refractivity contribution in [3.8, 4) is 11.6 Å². The van der Waals surface area contributed by atoms with Crippen LogP contribution in [0.3, 0.4) is 0 Å². The maximum absolute atomic E-state index is 13.2. The highest BCUT2D eigenvalue weighted by molar-refractivity contribution is 5.91. The SMILES string of the molecule is CC(C)c1noc(-c2cn(C3CCN(C(=O)C4(c5ccccc5)CC4)C3)nn2)n1. The monoisotopic (exact) mass is 392 g/mol. The molecule has 1 amide bonds. The van der Waals surface area contributed by atoms with Crippen molar-refractivity contribution in [1.82, 2.24) is 30.0 Å². The third kappa shape index (κ3) is 3.12. The number of aromatic nitrogens is 5. The molecule has 1 atom stereocenters. The van der Waals surface area contributed by atoms with E-state index in [9.17, 15) is 4.79 Å². The van der Waals surface area contributed by atoms with E-state index in [0.717, 1.165) is 31.4 Å². The van der Waals surface area contributed by atoms with Gasteiger partial charge in [0.25, 0.3) is 5.89 Å². The van der Waals surface area contributed by atoms with Crippen LogP contribution < -0.4 is 0 Å². The number of amides is 1. The predicted molar refractivity (Wildman–Crippen MR) is 105 cm³/mol. The average Bonchev–Trinajstić information content (AvgIpc) is 3.15. The Labute approximate surface area is 168 Å². The molecule has 1 aliphatic carbocycles. The first kappa shape index (κ1) is 18.0. The normalized spacial score (nSPS) is 20.4. The molecule has 2 aromatic heterocycles. The second-order valence-electron chi connectivity index (χ2n) is 8.34. The molecule has 8 nitrogen and oxygen atoms in total. The molecule has 150 valence electrons. The molecule has 2 fully saturated rings. The van der Waals surface area contributed by atoms with Crippen molar-refractivity contribution in [3.05, 3.63) is 47.9 Å². The van der Waals surface area contributed by atoms with Crippen molar-refractivity contribution in [2.24, 2.45) is 0 Å². The zero-order valence-electron chi connectivity index (χ0n) is 16.7. The van der Waals surface area contributed by atoms with Crippen LogP contribution in [0.4, 0.5) is 0 Å². The zero-order chi connectivity index (χ0) is 20.0. The molecule has 29 heavy (non-hydrogen) atoms. The van der Waals surface area contributed by atoms with E-state index in [1.54, 1.807) is 0 Å². The summed E-state index contributed by atoms with van der Waals surface area (Å²) in [4.78, 5) is 19.6. The lowest BCUT2D eigenvalue weighted by Crippen LogP contribution is -2.38. The largest absolute Gasteiger partial charge is 0.340 e. The number of likely N-dealkylation sites (tertiary alicyclic amines) is 1. The quantitative estimate of drug-likeness (QED) is 0.663. The van der Waals surface area contributed by atoms with Crippen LogP contribution in [0, 0.1) is 0 Å². The fourth-order valence-corrected chi connectivity index (χ4v) is 4.08. The minimum Gasteiger partial charge on any atom is -0.340 e. The van der Waals surface area contributed by atoms with Gasteiger partial charge in [0, 0.05) is 19.0 Å². The molecule has 1 saturated heterocycles. The van der Waals surface area contributed by atoms with Gasteiger partial charge in [-0.3, -0.25) is 4.79 Å². The number of nitrogens with zero attached hydrogens (tertiary/aromatic N) is 6. The Morgan fingerprint density at radius 2 is 2.03 bits per heavy atom. The molecule has 0 N–H and O–H groups in total. The van der Waals surface area contributed by atoms with Gasteiger partial charge in [0.05, 0.1) is 17.7 Å². The van der Waals surface area contributed by atoms with E-state index in [2.05, 4.69) is 32.6 Å². The lowest BCUT2D eigenvalue weighted by molar-refractivity contribution is -0.133. The van der Waals surface area contributed by atoms with Crippen LogP contribution in [-0.4, -0.2) is 49.0 Å². The van der Waals surface area contributed by atoms with Crippen LogP contribution >= 0.6 is 0 Å². The maximum Gasteiger partial charge on any atom is 0.280 e. The third-order valence-corrected chi connectivity index (χ3v) is 6.00. The molecular weight excluding hydrogens is 368 g/mol. The molecule has 5 rings (SSSR count). The highest BCUT2D eigenvalue weighted by atomic mass is 16.5. The molecule has 3 aromatic rings. The van der Waals surface area contributed by atoms with E-state index in [-0.39, 0.29) is 23.3 Å². The standard InChI is InChI=1S/C21H24N6O2/c1-14(2)18-22-19(29-24-18)17-13-27(25-23-17)16-8-11-26(12-16)20(28)21(9-10-21)15-6-4-3-5-7-15/h3-7,13-14,16H,8-12H2,1-2H3. The molecule has 8 heteroatoms. The van der Waals surface area contributed by atoms with Gasteiger partial charge in [-0.15, -0.1) is 5.10 Å². The summed E-state index contributed by atoms with van der Waals surface area (Å²) in [5.41, 5.74) is 1.38. The number of benzene rings is 1. The molecule has 1 unspecified atom stereocenters. The summed E-state index contributed by atoms with van der Waals surface area (Å²) in [6.45, 7) is 5.41. The lowest BCUT2D eigenvalue weighted by atomic mass is 9.94. The summed E-state index contributed by atoms with van der Waals surface area (Å²) in [7, 11) is 0. The van der Waals surface area contributed by atoms with E-state index >= 15 is 0 Å². The predicted octanol–water partition coefficient (Wildman–Crippen LogP) is 2.96. The summed E-state index contributed by atoms with van der Waals surface area (Å²) in [5.74, 6) is 1.47. The van der Waals surface area contributed by atoms with Gasteiger partial charge >= 0.3 is 0 Å². The summed E-state index contributed by atoms with van der Waals surface area (Å²) in [5, 5.41) is 12.4. The number of carbonyl (C=O) groups excluding carboxylic acids is 1. The minimum atomic E-state index is -0.319. The van der Waals surface area contributed by atoms with Crippen molar-refractivity contribution in [1.29, 1.82) is 0 Å². The van der Waals surface area contributed by atoms with Crippen LogP contribution in [-0.2, 0) is 10.2 Å². The van der Waals surface area contributed by atoms with Gasteiger partial charge in [-0.2, -0.15) is 4.98 Å². The Hall–Kier alpha value is -3.03. The van der Waals surface area contributed by atoms with Crippen LogP contribution in [0.2, 0.25) is 0 Å². The highest BCUT2D eigenvalue weighted by Gasteiger charge is 2.53. The van der Waals surface area contributed by atoms with Crippen molar-refractivity contribution < 1.29 is 9.32 Å². The van der Waals surface area contributed by atoms with Gasteiger partial charge in [0.1, 0.15) is 0 Å². The van der Waals surface area contributed by atoms with E-state index in [1.807, 2.05) is 47.8 Å². The van der Waals surface area contributed by atoms with Gasteiger partial charge in [0.15, 0.2) is 11.5 Å². The average molecular weight is 392 g/mol. The Morgan fingerprint density at radius 3 is 2.72 bits per heavy atom. The second-order valence-corrected chi connectivity index (χ2v) is 8.34. The van der Waals surface area contributed by atoms with Gasteiger partial charge in [-0.25, -0.2) is 4.68 Å².